The molecular weight excluding hydrogens is 351 g/mol. The van der Waals surface area contributed by atoms with E-state index in [1.54, 1.807) is 12.1 Å². The highest BCUT2D eigenvalue weighted by atomic mass is 79.9. The van der Waals surface area contributed by atoms with Crippen LogP contribution in [0.15, 0.2) is 27.8 Å². The Morgan fingerprint density at radius 1 is 1.35 bits per heavy atom. The van der Waals surface area contributed by atoms with E-state index < -0.39 is 15.8 Å². The molecule has 2 aromatic rings. The Morgan fingerprint density at radius 2 is 2.05 bits per heavy atom. The van der Waals surface area contributed by atoms with Crippen LogP contribution in [0.1, 0.15) is 18.9 Å². The lowest BCUT2D eigenvalue weighted by atomic mass is 10.2. The molecule has 0 aliphatic heterocycles. The van der Waals surface area contributed by atoms with Crippen molar-refractivity contribution in [1.29, 1.82) is 0 Å². The summed E-state index contributed by atoms with van der Waals surface area (Å²) in [6.07, 6.45) is 1.58. The van der Waals surface area contributed by atoms with E-state index in [1.807, 2.05) is 0 Å². The number of aromatic nitrogens is 3. The lowest BCUT2D eigenvalue weighted by Gasteiger charge is -2.09. The van der Waals surface area contributed by atoms with Gasteiger partial charge in [-0.05, 0) is 40.9 Å². The molecular formula is C11H10BrFN4O2S. The van der Waals surface area contributed by atoms with Crippen molar-refractivity contribution in [3.63, 3.8) is 0 Å². The molecule has 1 fully saturated rings. The van der Waals surface area contributed by atoms with E-state index >= 15 is 0 Å². The number of nitrogens with two attached hydrogens (primary N) is 1. The minimum atomic E-state index is -4.00. The third-order valence-corrected chi connectivity index (χ3v) is 4.47. The third-order valence-electron chi connectivity index (χ3n) is 3.02. The minimum absolute atomic E-state index is 0.0557. The average molecular weight is 361 g/mol. The van der Waals surface area contributed by atoms with Crippen molar-refractivity contribution >= 4 is 26.0 Å². The number of rotatable bonds is 3. The molecule has 0 unspecified atom stereocenters. The van der Waals surface area contributed by atoms with Crippen LogP contribution < -0.4 is 5.14 Å². The maximum atomic E-state index is 14.0. The zero-order valence-electron chi connectivity index (χ0n) is 10.1. The SMILES string of the molecule is NS(=O)(=O)c1nnc(-c2c(F)cccc2Br)n1C1CC1. The predicted octanol–water partition coefficient (Wildman–Crippen LogP) is 1.83. The Kier molecular flexibility index (Phi) is 3.14. The summed E-state index contributed by atoms with van der Waals surface area (Å²) in [5, 5.41) is 12.2. The van der Waals surface area contributed by atoms with Crippen LogP contribution in [0.25, 0.3) is 11.4 Å². The molecule has 0 atom stereocenters. The van der Waals surface area contributed by atoms with Crippen molar-refractivity contribution in [3.8, 4) is 11.4 Å². The van der Waals surface area contributed by atoms with E-state index in [9.17, 15) is 12.8 Å². The summed E-state index contributed by atoms with van der Waals surface area (Å²) in [7, 11) is -4.00. The molecule has 1 aromatic heterocycles. The third kappa shape index (κ3) is 2.25. The smallest absolute Gasteiger partial charge is 0.273 e. The second-order valence-electron chi connectivity index (χ2n) is 4.55. The van der Waals surface area contributed by atoms with Gasteiger partial charge in [-0.1, -0.05) is 6.07 Å². The Bertz CT molecular complexity index is 765. The topological polar surface area (TPSA) is 90.9 Å². The molecule has 106 valence electrons. The van der Waals surface area contributed by atoms with Crippen molar-refractivity contribution in [2.75, 3.05) is 0 Å². The molecule has 6 nitrogen and oxygen atoms in total. The van der Waals surface area contributed by atoms with Crippen LogP contribution in [0.4, 0.5) is 4.39 Å². The Labute approximate surface area is 123 Å². The number of halogens is 2. The first-order valence-corrected chi connectivity index (χ1v) is 8.15. The quantitative estimate of drug-likeness (QED) is 0.903. The number of sulfonamides is 1. The van der Waals surface area contributed by atoms with Gasteiger partial charge in [-0.15, -0.1) is 10.2 Å². The van der Waals surface area contributed by atoms with Gasteiger partial charge in [-0.3, -0.25) is 4.57 Å². The Hall–Kier alpha value is -1.32. The number of primary sulfonamides is 1. The van der Waals surface area contributed by atoms with E-state index in [0.717, 1.165) is 12.8 Å². The predicted molar refractivity (Wildman–Crippen MR) is 72.8 cm³/mol. The maximum Gasteiger partial charge on any atom is 0.273 e. The number of hydrogen-bond acceptors (Lipinski definition) is 4. The molecule has 1 heterocycles. The van der Waals surface area contributed by atoms with Crippen LogP contribution in [0.2, 0.25) is 0 Å². The van der Waals surface area contributed by atoms with E-state index in [0.29, 0.717) is 4.47 Å². The van der Waals surface area contributed by atoms with E-state index in [1.165, 1.54) is 10.6 Å². The molecule has 1 aliphatic rings. The number of nitrogens with zero attached hydrogens (tertiary/aromatic N) is 3. The van der Waals surface area contributed by atoms with Gasteiger partial charge in [0.25, 0.3) is 15.2 Å². The summed E-state index contributed by atoms with van der Waals surface area (Å²) in [4.78, 5) is 0. The molecule has 1 aromatic carbocycles. The molecule has 0 spiro atoms. The minimum Gasteiger partial charge on any atom is -0.294 e. The highest BCUT2D eigenvalue weighted by Gasteiger charge is 2.34. The summed E-state index contributed by atoms with van der Waals surface area (Å²) in [5.41, 5.74) is 0.182. The van der Waals surface area contributed by atoms with E-state index in [2.05, 4.69) is 26.1 Å². The van der Waals surface area contributed by atoms with Gasteiger partial charge in [0, 0.05) is 10.5 Å². The first kappa shape index (κ1) is 13.7. The van der Waals surface area contributed by atoms with Gasteiger partial charge in [0.15, 0.2) is 5.82 Å². The van der Waals surface area contributed by atoms with Gasteiger partial charge in [-0.25, -0.2) is 17.9 Å². The normalized spacial score (nSPS) is 15.6. The zero-order chi connectivity index (χ0) is 14.5. The summed E-state index contributed by atoms with van der Waals surface area (Å²) < 4.78 is 39.0. The zero-order valence-corrected chi connectivity index (χ0v) is 12.5. The highest BCUT2D eigenvalue weighted by Crippen LogP contribution is 2.41. The molecule has 1 saturated carbocycles. The Morgan fingerprint density at radius 3 is 2.60 bits per heavy atom. The largest absolute Gasteiger partial charge is 0.294 e. The fourth-order valence-corrected chi connectivity index (χ4v) is 3.20. The highest BCUT2D eigenvalue weighted by molar-refractivity contribution is 9.10. The lowest BCUT2D eigenvalue weighted by molar-refractivity contribution is 0.566. The second-order valence-corrected chi connectivity index (χ2v) is 6.86. The lowest BCUT2D eigenvalue weighted by Crippen LogP contribution is -2.18. The second kappa shape index (κ2) is 4.61. The molecule has 3 rings (SSSR count). The first-order valence-electron chi connectivity index (χ1n) is 5.81. The molecule has 0 amide bonds. The summed E-state index contributed by atoms with van der Waals surface area (Å²) in [5.74, 6) is -0.337. The summed E-state index contributed by atoms with van der Waals surface area (Å²) in [6.45, 7) is 0. The van der Waals surface area contributed by atoms with Gasteiger partial charge in [0.05, 0.1) is 5.56 Å². The van der Waals surface area contributed by atoms with Crippen molar-refractivity contribution in [2.24, 2.45) is 5.14 Å². The number of hydrogen-bond donors (Lipinski definition) is 1. The van der Waals surface area contributed by atoms with Crippen molar-refractivity contribution in [3.05, 3.63) is 28.5 Å². The Balaban J connectivity index is 2.28. The maximum absolute atomic E-state index is 14.0. The molecule has 0 radical (unpaired) electrons. The van der Waals surface area contributed by atoms with E-state index in [4.69, 9.17) is 5.14 Å². The van der Waals surface area contributed by atoms with Crippen LogP contribution in [0.3, 0.4) is 0 Å². The van der Waals surface area contributed by atoms with Crippen LogP contribution in [0.5, 0.6) is 0 Å². The van der Waals surface area contributed by atoms with Gasteiger partial charge < -0.3 is 0 Å². The van der Waals surface area contributed by atoms with Crippen molar-refractivity contribution in [2.45, 2.75) is 24.0 Å². The fourth-order valence-electron chi connectivity index (χ4n) is 2.01. The van der Waals surface area contributed by atoms with Crippen LogP contribution >= 0.6 is 15.9 Å². The molecule has 0 saturated heterocycles. The summed E-state index contributed by atoms with van der Waals surface area (Å²) in [6, 6.07) is 4.42. The summed E-state index contributed by atoms with van der Waals surface area (Å²) >= 11 is 3.25. The van der Waals surface area contributed by atoms with Crippen LogP contribution in [-0.2, 0) is 10.0 Å². The van der Waals surface area contributed by atoms with Gasteiger partial charge in [0.1, 0.15) is 5.82 Å². The standard InChI is InChI=1S/C11H10BrFN4O2S/c12-7-2-1-3-8(13)9(7)10-15-16-11(20(14,18)19)17(10)6-4-5-6/h1-3,6H,4-5H2,(H2,14,18,19). The average Bonchev–Trinajstić information content (AvgIpc) is 3.08. The van der Waals surface area contributed by atoms with Gasteiger partial charge >= 0.3 is 0 Å². The number of benzene rings is 1. The molecule has 20 heavy (non-hydrogen) atoms. The van der Waals surface area contributed by atoms with Gasteiger partial charge in [0.2, 0.25) is 0 Å². The van der Waals surface area contributed by atoms with Gasteiger partial charge in [-0.2, -0.15) is 0 Å². The molecule has 1 aliphatic carbocycles. The van der Waals surface area contributed by atoms with Crippen molar-refractivity contribution in [1.82, 2.24) is 14.8 Å². The molecule has 0 bridgehead atoms. The van der Waals surface area contributed by atoms with Crippen molar-refractivity contribution < 1.29 is 12.8 Å². The monoisotopic (exact) mass is 360 g/mol. The fraction of sp³-hybridized carbons (Fsp3) is 0.273. The molecule has 2 N–H and O–H groups in total. The van der Waals surface area contributed by atoms with E-state index in [-0.39, 0.29) is 22.6 Å². The molecule has 9 heteroatoms. The van der Waals surface area contributed by atoms with Crippen LogP contribution in [0, 0.1) is 5.82 Å². The van der Waals surface area contributed by atoms with Crippen LogP contribution in [-0.4, -0.2) is 23.2 Å². The first-order chi connectivity index (χ1) is 9.39.